The van der Waals surface area contributed by atoms with Crippen LogP contribution in [0.25, 0.3) is 0 Å². The van der Waals surface area contributed by atoms with Crippen molar-refractivity contribution in [2.24, 2.45) is 10.7 Å². The molecule has 7 heteroatoms. The molecule has 1 heterocycles. The number of nitrogens with two attached hydrogens (primary N) is 1. The van der Waals surface area contributed by atoms with Crippen molar-refractivity contribution in [3.8, 4) is 0 Å². The van der Waals surface area contributed by atoms with Crippen molar-refractivity contribution in [1.82, 2.24) is 20.1 Å². The Morgan fingerprint density at radius 2 is 2.18 bits per heavy atom. The van der Waals surface area contributed by atoms with Crippen LogP contribution in [0.4, 0.5) is 0 Å². The normalized spacial score (nSPS) is 16.4. The predicted octanol–water partition coefficient (Wildman–Crippen LogP) is 2.36. The van der Waals surface area contributed by atoms with E-state index >= 15 is 0 Å². The first-order chi connectivity index (χ1) is 10.8. The maximum absolute atomic E-state index is 5.80. The van der Waals surface area contributed by atoms with Crippen LogP contribution < -0.4 is 11.1 Å². The number of hydrogen-bond acceptors (Lipinski definition) is 4. The Balaban J connectivity index is 1.86. The van der Waals surface area contributed by atoms with E-state index < -0.39 is 0 Å². The van der Waals surface area contributed by atoms with Crippen LogP contribution in [0.2, 0.25) is 0 Å². The van der Waals surface area contributed by atoms with E-state index in [-0.39, 0.29) is 0 Å². The highest BCUT2D eigenvalue weighted by Gasteiger charge is 2.23. The number of rotatable bonds is 8. The van der Waals surface area contributed by atoms with Gasteiger partial charge in [-0.3, -0.25) is 4.99 Å². The first-order valence-electron chi connectivity index (χ1n) is 8.27. The van der Waals surface area contributed by atoms with Gasteiger partial charge in [0, 0.05) is 25.6 Å². The van der Waals surface area contributed by atoms with Crippen molar-refractivity contribution < 1.29 is 0 Å². The fraction of sp³-hybridized carbons (Fsp3) is 0.800. The molecule has 1 aromatic rings. The molecule has 22 heavy (non-hydrogen) atoms. The van der Waals surface area contributed by atoms with E-state index in [1.165, 1.54) is 25.7 Å². The van der Waals surface area contributed by atoms with Crippen LogP contribution in [-0.2, 0) is 6.42 Å². The molecule has 0 amide bonds. The highest BCUT2D eigenvalue weighted by atomic mass is 32.2. The van der Waals surface area contributed by atoms with E-state index in [9.17, 15) is 0 Å². The smallest absolute Gasteiger partial charge is 0.191 e. The van der Waals surface area contributed by atoms with Crippen LogP contribution in [0.3, 0.4) is 0 Å². The van der Waals surface area contributed by atoms with Gasteiger partial charge in [0.05, 0.1) is 0 Å². The van der Waals surface area contributed by atoms with Crippen LogP contribution in [0, 0.1) is 0 Å². The van der Waals surface area contributed by atoms with Crippen LogP contribution in [-0.4, -0.2) is 40.1 Å². The lowest BCUT2D eigenvalue weighted by Crippen LogP contribution is -2.32. The third kappa shape index (κ3) is 4.63. The molecule has 0 radical (unpaired) electrons. The Labute approximate surface area is 137 Å². The van der Waals surface area contributed by atoms with E-state index in [0.29, 0.717) is 12.0 Å². The number of hydrogen-bond donors (Lipinski definition) is 2. The summed E-state index contributed by atoms with van der Waals surface area (Å²) in [5.41, 5.74) is 5.80. The molecule has 0 aliphatic heterocycles. The third-order valence-electron chi connectivity index (χ3n) is 4.00. The molecule has 1 aromatic heterocycles. The summed E-state index contributed by atoms with van der Waals surface area (Å²) in [6, 6.07) is 0.594. The Bertz CT molecular complexity index is 478. The molecule has 1 saturated carbocycles. The summed E-state index contributed by atoms with van der Waals surface area (Å²) >= 11 is 1.69. The molecular formula is C15H28N6S. The van der Waals surface area contributed by atoms with Gasteiger partial charge in [-0.2, -0.15) is 0 Å². The van der Waals surface area contributed by atoms with Gasteiger partial charge < -0.3 is 15.6 Å². The number of guanidine groups is 1. The van der Waals surface area contributed by atoms with Crippen molar-refractivity contribution in [3.63, 3.8) is 0 Å². The molecule has 1 aliphatic carbocycles. The second-order valence-electron chi connectivity index (χ2n) is 5.71. The molecule has 1 fully saturated rings. The zero-order valence-corrected chi connectivity index (χ0v) is 14.5. The van der Waals surface area contributed by atoms with E-state index in [1.54, 1.807) is 11.8 Å². The monoisotopic (exact) mass is 324 g/mol. The zero-order valence-electron chi connectivity index (χ0n) is 13.7. The van der Waals surface area contributed by atoms with E-state index in [2.05, 4.69) is 38.3 Å². The lowest BCUT2D eigenvalue weighted by Gasteiger charge is -2.16. The molecule has 0 spiro atoms. The summed E-state index contributed by atoms with van der Waals surface area (Å²) in [4.78, 5) is 4.23. The lowest BCUT2D eigenvalue weighted by molar-refractivity contribution is 0.460. The van der Waals surface area contributed by atoms with Crippen molar-refractivity contribution in [1.29, 1.82) is 0 Å². The zero-order chi connectivity index (χ0) is 15.8. The average molecular weight is 324 g/mol. The summed E-state index contributed by atoms with van der Waals surface area (Å²) in [5.74, 6) is 1.66. The Hall–Kier alpha value is -1.24. The van der Waals surface area contributed by atoms with Gasteiger partial charge in [-0.25, -0.2) is 0 Å². The van der Waals surface area contributed by atoms with Crippen LogP contribution in [0.15, 0.2) is 10.1 Å². The van der Waals surface area contributed by atoms with Crippen LogP contribution in [0.1, 0.15) is 57.3 Å². The second kappa shape index (κ2) is 9.02. The highest BCUT2D eigenvalue weighted by Crippen LogP contribution is 2.33. The van der Waals surface area contributed by atoms with Gasteiger partial charge in [-0.15, -0.1) is 10.2 Å². The van der Waals surface area contributed by atoms with Crippen molar-refractivity contribution in [3.05, 3.63) is 5.82 Å². The Kier molecular flexibility index (Phi) is 7.02. The lowest BCUT2D eigenvalue weighted by atomic mass is 10.2. The molecule has 124 valence electrons. The summed E-state index contributed by atoms with van der Waals surface area (Å²) < 4.78 is 2.37. The minimum atomic E-state index is 0.545. The maximum atomic E-state index is 5.80. The summed E-state index contributed by atoms with van der Waals surface area (Å²) in [7, 11) is 0. The molecule has 0 bridgehead atoms. The quantitative estimate of drug-likeness (QED) is 0.332. The number of aliphatic imine (C=N–C) groups is 1. The van der Waals surface area contributed by atoms with Crippen molar-refractivity contribution in [2.75, 3.05) is 19.3 Å². The van der Waals surface area contributed by atoms with Gasteiger partial charge >= 0.3 is 0 Å². The maximum Gasteiger partial charge on any atom is 0.191 e. The number of aryl methyl sites for hydroxylation is 1. The highest BCUT2D eigenvalue weighted by molar-refractivity contribution is 7.98. The molecule has 0 saturated heterocycles. The van der Waals surface area contributed by atoms with Crippen molar-refractivity contribution >= 4 is 17.7 Å². The number of nitrogens with zero attached hydrogens (tertiary/aromatic N) is 4. The molecule has 0 atom stereocenters. The van der Waals surface area contributed by atoms with Crippen LogP contribution in [0.5, 0.6) is 0 Å². The minimum absolute atomic E-state index is 0.545. The predicted molar refractivity (Wildman–Crippen MR) is 92.4 cm³/mol. The van der Waals surface area contributed by atoms with E-state index in [4.69, 9.17) is 5.73 Å². The van der Waals surface area contributed by atoms with Gasteiger partial charge in [0.15, 0.2) is 11.1 Å². The molecular weight excluding hydrogens is 296 g/mol. The second-order valence-corrected chi connectivity index (χ2v) is 6.48. The van der Waals surface area contributed by atoms with Gasteiger partial charge in [0.2, 0.25) is 0 Å². The van der Waals surface area contributed by atoms with Gasteiger partial charge in [-0.05, 0) is 31.9 Å². The molecule has 0 unspecified atom stereocenters. The van der Waals surface area contributed by atoms with Gasteiger partial charge in [0.25, 0.3) is 0 Å². The van der Waals surface area contributed by atoms with Gasteiger partial charge in [-0.1, -0.05) is 31.5 Å². The number of aromatic nitrogens is 3. The number of nitrogens with one attached hydrogen (secondary N) is 1. The SMILES string of the molecule is CCCN=C(N)NCCCc1nnc(SC)n1C1CCCC1. The van der Waals surface area contributed by atoms with E-state index in [0.717, 1.165) is 43.3 Å². The fourth-order valence-electron chi connectivity index (χ4n) is 2.90. The first kappa shape index (κ1) is 17.1. The molecule has 0 aromatic carbocycles. The molecule has 1 aliphatic rings. The fourth-order valence-corrected chi connectivity index (χ4v) is 3.47. The molecule has 3 N–H and O–H groups in total. The largest absolute Gasteiger partial charge is 0.370 e. The van der Waals surface area contributed by atoms with Crippen LogP contribution >= 0.6 is 11.8 Å². The first-order valence-corrected chi connectivity index (χ1v) is 9.50. The average Bonchev–Trinajstić information content (AvgIpc) is 3.17. The third-order valence-corrected chi connectivity index (χ3v) is 4.64. The summed E-state index contributed by atoms with van der Waals surface area (Å²) in [6.07, 6.45) is 10.2. The summed E-state index contributed by atoms with van der Waals surface area (Å²) in [6.45, 7) is 3.70. The Morgan fingerprint density at radius 3 is 2.86 bits per heavy atom. The minimum Gasteiger partial charge on any atom is -0.370 e. The van der Waals surface area contributed by atoms with Gasteiger partial charge in [0.1, 0.15) is 5.82 Å². The Morgan fingerprint density at radius 1 is 1.41 bits per heavy atom. The standard InChI is InChI=1S/C15H28N6S/c1-3-10-17-14(16)18-11-6-9-13-19-20-15(22-2)21(13)12-7-4-5-8-12/h12H,3-11H2,1-2H3,(H3,16,17,18). The topological polar surface area (TPSA) is 81.1 Å². The van der Waals surface area contributed by atoms with E-state index in [1.807, 2.05) is 0 Å². The molecule has 2 rings (SSSR count). The summed E-state index contributed by atoms with van der Waals surface area (Å²) in [5, 5.41) is 13.0. The molecule has 6 nitrogen and oxygen atoms in total. The number of thioether (sulfide) groups is 1. The van der Waals surface area contributed by atoms with Crippen molar-refractivity contribution in [2.45, 2.75) is 63.1 Å².